The van der Waals surface area contributed by atoms with Gasteiger partial charge in [0.05, 0.1) is 26.4 Å². The molecule has 5 atom stereocenters. The van der Waals surface area contributed by atoms with Gasteiger partial charge in [-0.05, 0) is 37.5 Å². The topological polar surface area (TPSA) is 237 Å². The fourth-order valence-corrected chi connectivity index (χ4v) is 13.6. The van der Waals surface area contributed by atoms with Crippen LogP contribution in [-0.2, 0) is 65.4 Å². The summed E-state index contributed by atoms with van der Waals surface area (Å²) in [6.45, 7) is 9.63. The first-order chi connectivity index (χ1) is 46.9. The molecule has 97 heavy (non-hydrogen) atoms. The van der Waals surface area contributed by atoms with E-state index in [1.54, 1.807) is 0 Å². The Morgan fingerprint density at radius 1 is 0.278 bits per heavy atom. The van der Waals surface area contributed by atoms with E-state index in [2.05, 4.69) is 41.5 Å². The van der Waals surface area contributed by atoms with Gasteiger partial charge in [0.25, 0.3) is 0 Å². The van der Waals surface area contributed by atoms with Crippen molar-refractivity contribution in [3.63, 3.8) is 0 Å². The SMILES string of the molecule is CCCCCCCCCCCCCCCCCCCC(=O)O[C@H](COC(=O)CCCCCCCCCCCCCCCC(C)C)COP(=O)(O)OC[C@@H](O)COP(=O)(O)OC[C@@H](COC(=O)CCCCCCCCCCCC)OC(=O)CCCCCCCCCCCCCC(C)C. The fourth-order valence-electron chi connectivity index (χ4n) is 12.0. The van der Waals surface area contributed by atoms with Gasteiger partial charge in [-0.25, -0.2) is 9.13 Å². The molecule has 0 bridgehead atoms. The molecule has 0 aromatic heterocycles. The molecule has 3 N–H and O–H groups in total. The van der Waals surface area contributed by atoms with E-state index in [1.807, 2.05) is 0 Å². The quantitative estimate of drug-likeness (QED) is 0.0222. The first-order valence-corrected chi connectivity index (χ1v) is 43.5. The van der Waals surface area contributed by atoms with Crippen LogP contribution in [0.1, 0.15) is 408 Å². The van der Waals surface area contributed by atoms with Crippen LogP contribution in [0.25, 0.3) is 0 Å². The molecule has 0 saturated carbocycles. The van der Waals surface area contributed by atoms with Crippen LogP contribution < -0.4 is 0 Å². The second kappa shape index (κ2) is 69.8. The molecule has 0 aliphatic carbocycles. The maximum atomic E-state index is 13.1. The third-order valence-corrected chi connectivity index (χ3v) is 20.1. The Labute approximate surface area is 594 Å². The number of unbranched alkanes of at least 4 members (excludes halogenated alkanes) is 47. The normalized spacial score (nSPS) is 14.0. The Bertz CT molecular complexity index is 1870. The van der Waals surface area contributed by atoms with E-state index in [0.29, 0.717) is 25.7 Å². The number of phosphoric ester groups is 2. The van der Waals surface area contributed by atoms with Crippen LogP contribution in [0.5, 0.6) is 0 Å². The van der Waals surface area contributed by atoms with Crippen LogP contribution in [-0.4, -0.2) is 96.7 Å². The summed E-state index contributed by atoms with van der Waals surface area (Å²) in [7, 11) is -9.91. The van der Waals surface area contributed by atoms with Gasteiger partial charge in [-0.15, -0.1) is 0 Å². The summed E-state index contributed by atoms with van der Waals surface area (Å²) < 4.78 is 68.6. The molecule has 0 saturated heterocycles. The van der Waals surface area contributed by atoms with Crippen LogP contribution in [0.15, 0.2) is 0 Å². The van der Waals surface area contributed by atoms with Crippen molar-refractivity contribution in [1.82, 2.24) is 0 Å². The van der Waals surface area contributed by atoms with Crippen LogP contribution >= 0.6 is 15.6 Å². The minimum absolute atomic E-state index is 0.107. The Morgan fingerprint density at radius 2 is 0.474 bits per heavy atom. The van der Waals surface area contributed by atoms with Crippen LogP contribution in [0, 0.1) is 11.8 Å². The number of ether oxygens (including phenoxy) is 4. The standard InChI is InChI=1S/C78H152O17P2/c1-7-9-11-13-15-17-19-20-21-22-23-26-32-38-44-50-56-62-77(82)94-74(67-89-76(81)61-55-49-43-37-31-27-24-25-29-34-40-46-52-58-70(3)4)69-93-97(86,87)91-65-72(79)64-90-96(84,85)92-68-73(66-88-75(80)60-54-48-42-36-18-16-14-12-10-8-2)95-78(83)63-57-51-45-39-33-28-30-35-41-47-53-59-71(5)6/h70-74,79H,7-69H2,1-6H3,(H,84,85)(H,86,87)/t72-,73+,74+/m0/s1. The van der Waals surface area contributed by atoms with Gasteiger partial charge in [-0.2, -0.15) is 0 Å². The molecular weight excluding hydrogens is 1270 g/mol. The van der Waals surface area contributed by atoms with Crippen molar-refractivity contribution in [3.8, 4) is 0 Å². The molecule has 0 radical (unpaired) electrons. The second-order valence-corrected chi connectivity index (χ2v) is 32.0. The summed E-state index contributed by atoms with van der Waals surface area (Å²) >= 11 is 0. The Hall–Kier alpha value is -1.94. The number of esters is 4. The molecule has 2 unspecified atom stereocenters. The van der Waals surface area contributed by atoms with Gasteiger partial charge in [-0.1, -0.05) is 356 Å². The smallest absolute Gasteiger partial charge is 0.462 e. The predicted molar refractivity (Wildman–Crippen MR) is 395 cm³/mol. The molecule has 576 valence electrons. The lowest BCUT2D eigenvalue weighted by molar-refractivity contribution is -0.161. The Kier molecular flexibility index (Phi) is 68.4. The largest absolute Gasteiger partial charge is 0.472 e. The highest BCUT2D eigenvalue weighted by Gasteiger charge is 2.30. The molecular formula is C78H152O17P2. The number of aliphatic hydroxyl groups excluding tert-OH is 1. The minimum atomic E-state index is -4.96. The molecule has 0 spiro atoms. The molecule has 0 fully saturated rings. The lowest BCUT2D eigenvalue weighted by Crippen LogP contribution is -2.30. The van der Waals surface area contributed by atoms with Gasteiger partial charge in [0.15, 0.2) is 12.2 Å². The third-order valence-electron chi connectivity index (χ3n) is 18.2. The van der Waals surface area contributed by atoms with Gasteiger partial charge in [0.1, 0.15) is 19.3 Å². The first-order valence-electron chi connectivity index (χ1n) is 40.5. The van der Waals surface area contributed by atoms with Crippen LogP contribution in [0.4, 0.5) is 0 Å². The minimum Gasteiger partial charge on any atom is -0.462 e. The Morgan fingerprint density at radius 3 is 0.701 bits per heavy atom. The summed E-state index contributed by atoms with van der Waals surface area (Å²) in [6.07, 6.45) is 58.1. The maximum absolute atomic E-state index is 13.1. The van der Waals surface area contributed by atoms with E-state index in [0.717, 1.165) is 102 Å². The highest BCUT2D eigenvalue weighted by atomic mass is 31.2. The maximum Gasteiger partial charge on any atom is 0.472 e. The molecule has 0 heterocycles. The summed E-state index contributed by atoms with van der Waals surface area (Å²) in [5.41, 5.74) is 0. The zero-order valence-electron chi connectivity index (χ0n) is 63.4. The van der Waals surface area contributed by atoms with E-state index in [4.69, 9.17) is 37.0 Å². The third kappa shape index (κ3) is 72.2. The number of carbonyl (C=O) groups is 4. The molecule has 0 aromatic rings. The van der Waals surface area contributed by atoms with Crippen LogP contribution in [0.3, 0.4) is 0 Å². The van der Waals surface area contributed by atoms with Crippen molar-refractivity contribution in [1.29, 1.82) is 0 Å². The lowest BCUT2D eigenvalue weighted by atomic mass is 10.0. The van der Waals surface area contributed by atoms with E-state index in [9.17, 15) is 43.2 Å². The van der Waals surface area contributed by atoms with Gasteiger partial charge in [-0.3, -0.25) is 37.3 Å². The molecule has 0 rings (SSSR count). The summed E-state index contributed by atoms with van der Waals surface area (Å²) in [5.74, 6) is -0.555. The van der Waals surface area contributed by atoms with E-state index in [-0.39, 0.29) is 25.7 Å². The molecule has 0 aromatic carbocycles. The number of hydrogen-bond acceptors (Lipinski definition) is 15. The number of hydrogen-bond donors (Lipinski definition) is 3. The molecule has 0 amide bonds. The average molecular weight is 1420 g/mol. The molecule has 0 aliphatic heterocycles. The number of aliphatic hydroxyl groups is 1. The lowest BCUT2D eigenvalue weighted by Gasteiger charge is -2.21. The van der Waals surface area contributed by atoms with E-state index < -0.39 is 97.5 Å². The van der Waals surface area contributed by atoms with E-state index in [1.165, 1.54) is 225 Å². The number of carbonyl (C=O) groups excluding carboxylic acids is 4. The van der Waals surface area contributed by atoms with Gasteiger partial charge >= 0.3 is 39.5 Å². The Balaban J connectivity index is 5.25. The van der Waals surface area contributed by atoms with Crippen molar-refractivity contribution in [2.24, 2.45) is 11.8 Å². The van der Waals surface area contributed by atoms with Crippen molar-refractivity contribution < 1.29 is 80.2 Å². The van der Waals surface area contributed by atoms with Crippen molar-refractivity contribution in [2.75, 3.05) is 39.6 Å². The average Bonchev–Trinajstić information content (AvgIpc) is 1.07. The molecule has 17 nitrogen and oxygen atoms in total. The highest BCUT2D eigenvalue weighted by molar-refractivity contribution is 7.47. The zero-order valence-corrected chi connectivity index (χ0v) is 65.2. The van der Waals surface area contributed by atoms with Crippen molar-refractivity contribution in [3.05, 3.63) is 0 Å². The fraction of sp³-hybridized carbons (Fsp3) is 0.949. The highest BCUT2D eigenvalue weighted by Crippen LogP contribution is 2.45. The van der Waals surface area contributed by atoms with Crippen molar-refractivity contribution in [2.45, 2.75) is 426 Å². The first kappa shape index (κ1) is 95.1. The number of rotatable bonds is 77. The van der Waals surface area contributed by atoms with Gasteiger partial charge in [0.2, 0.25) is 0 Å². The summed E-state index contributed by atoms with van der Waals surface area (Å²) in [4.78, 5) is 72.9. The van der Waals surface area contributed by atoms with Gasteiger partial charge in [0, 0.05) is 25.7 Å². The second-order valence-electron chi connectivity index (χ2n) is 29.1. The monoisotopic (exact) mass is 1420 g/mol. The number of phosphoric acid groups is 2. The predicted octanol–water partition coefficient (Wildman–Crippen LogP) is 23.1. The van der Waals surface area contributed by atoms with Crippen LogP contribution in [0.2, 0.25) is 0 Å². The molecule has 0 aliphatic rings. The zero-order chi connectivity index (χ0) is 71.4. The van der Waals surface area contributed by atoms with Gasteiger partial charge < -0.3 is 33.8 Å². The summed E-state index contributed by atoms with van der Waals surface area (Å²) in [5, 5.41) is 10.6. The molecule has 19 heteroatoms. The van der Waals surface area contributed by atoms with E-state index >= 15 is 0 Å². The van der Waals surface area contributed by atoms with Crippen molar-refractivity contribution >= 4 is 39.5 Å². The summed E-state index contributed by atoms with van der Waals surface area (Å²) in [6, 6.07) is 0.